The SMILES string of the molecule is CC1CC(C)CN(C(=O)CN2C[C@@H](C(F)(F)F)[C@H](C(=O)O)C2)C1.Cl. The number of carbonyl (C=O) groups is 2. The van der Waals surface area contributed by atoms with Gasteiger partial charge in [-0.25, -0.2) is 0 Å². The highest BCUT2D eigenvalue weighted by molar-refractivity contribution is 5.85. The van der Waals surface area contributed by atoms with Crippen molar-refractivity contribution >= 4 is 24.3 Å². The largest absolute Gasteiger partial charge is 0.481 e. The fourth-order valence-corrected chi connectivity index (χ4v) is 3.75. The third-order valence-electron chi connectivity index (χ3n) is 4.71. The standard InChI is InChI=1S/C15H23F3N2O3.ClH/c1-9-3-10(2)5-20(4-9)13(21)8-19-6-11(14(22)23)12(7-19)15(16,17)18;/h9-12H,3-8H2,1-2H3,(H,22,23);1H/t9?,10?,11-,12-;/m1./s1. The average Bonchev–Trinajstić information content (AvgIpc) is 2.81. The second kappa shape index (κ2) is 7.91. The monoisotopic (exact) mass is 372 g/mol. The second-order valence-corrected chi connectivity index (χ2v) is 7.03. The Balaban J connectivity index is 0.00000288. The molecule has 2 fully saturated rings. The maximum atomic E-state index is 13.0. The molecular formula is C15H24ClF3N2O3. The molecule has 0 bridgehead atoms. The third-order valence-corrected chi connectivity index (χ3v) is 4.71. The Morgan fingerprint density at radius 1 is 1.08 bits per heavy atom. The highest BCUT2D eigenvalue weighted by atomic mass is 35.5. The van der Waals surface area contributed by atoms with Gasteiger partial charge in [0.2, 0.25) is 5.91 Å². The van der Waals surface area contributed by atoms with Crippen molar-refractivity contribution in [3.8, 4) is 0 Å². The first-order chi connectivity index (χ1) is 10.6. The fourth-order valence-electron chi connectivity index (χ4n) is 3.75. The van der Waals surface area contributed by atoms with Gasteiger partial charge in [0.15, 0.2) is 0 Å². The first kappa shape index (κ1) is 21.0. The Bertz CT molecular complexity index is 465. The molecule has 2 saturated heterocycles. The van der Waals surface area contributed by atoms with Crippen LogP contribution in [-0.2, 0) is 9.59 Å². The molecule has 1 N–H and O–H groups in total. The summed E-state index contributed by atoms with van der Waals surface area (Å²) in [7, 11) is 0. The van der Waals surface area contributed by atoms with Gasteiger partial charge in [0, 0.05) is 26.2 Å². The predicted octanol–water partition coefficient (Wildman–Crippen LogP) is 2.11. The van der Waals surface area contributed by atoms with E-state index in [9.17, 15) is 22.8 Å². The van der Waals surface area contributed by atoms with Crippen molar-refractivity contribution in [2.24, 2.45) is 23.7 Å². The lowest BCUT2D eigenvalue weighted by Crippen LogP contribution is -2.46. The summed E-state index contributed by atoms with van der Waals surface area (Å²) in [6.45, 7) is 4.52. The molecule has 2 unspecified atom stereocenters. The second-order valence-electron chi connectivity index (χ2n) is 7.03. The van der Waals surface area contributed by atoms with Crippen molar-refractivity contribution in [2.75, 3.05) is 32.7 Å². The molecule has 2 aliphatic heterocycles. The normalized spacial score (nSPS) is 31.6. The number of likely N-dealkylation sites (tertiary alicyclic amines) is 2. The van der Waals surface area contributed by atoms with Crippen LogP contribution < -0.4 is 0 Å². The summed E-state index contributed by atoms with van der Waals surface area (Å²) in [5.41, 5.74) is 0. The number of amides is 1. The van der Waals surface area contributed by atoms with Crippen molar-refractivity contribution in [1.82, 2.24) is 9.80 Å². The molecule has 0 aromatic heterocycles. The zero-order valence-electron chi connectivity index (χ0n) is 13.8. The Kier molecular flexibility index (Phi) is 6.93. The van der Waals surface area contributed by atoms with E-state index in [1.54, 1.807) is 4.90 Å². The summed E-state index contributed by atoms with van der Waals surface area (Å²) in [6, 6.07) is 0. The predicted molar refractivity (Wildman–Crippen MR) is 83.9 cm³/mol. The van der Waals surface area contributed by atoms with E-state index in [0.29, 0.717) is 24.9 Å². The molecule has 4 atom stereocenters. The third kappa shape index (κ3) is 4.99. The topological polar surface area (TPSA) is 60.9 Å². The first-order valence-electron chi connectivity index (χ1n) is 7.87. The maximum absolute atomic E-state index is 13.0. The van der Waals surface area contributed by atoms with E-state index in [1.165, 1.54) is 4.90 Å². The molecule has 2 rings (SSSR count). The smallest absolute Gasteiger partial charge is 0.393 e. The van der Waals surface area contributed by atoms with Crippen molar-refractivity contribution in [3.05, 3.63) is 0 Å². The van der Waals surface area contributed by atoms with Gasteiger partial charge in [0.25, 0.3) is 0 Å². The van der Waals surface area contributed by atoms with E-state index in [0.717, 1.165) is 6.42 Å². The number of carboxylic acid groups (broad SMARTS) is 1. The summed E-state index contributed by atoms with van der Waals surface area (Å²) >= 11 is 0. The van der Waals surface area contributed by atoms with E-state index in [4.69, 9.17) is 5.11 Å². The zero-order valence-corrected chi connectivity index (χ0v) is 14.6. The van der Waals surface area contributed by atoms with Gasteiger partial charge in [0.05, 0.1) is 18.4 Å². The number of hydrogen-bond donors (Lipinski definition) is 1. The van der Waals surface area contributed by atoms with Crippen LogP contribution in [0.2, 0.25) is 0 Å². The molecule has 0 radical (unpaired) electrons. The van der Waals surface area contributed by atoms with Gasteiger partial charge in [-0.2, -0.15) is 13.2 Å². The van der Waals surface area contributed by atoms with Gasteiger partial charge in [0.1, 0.15) is 0 Å². The van der Waals surface area contributed by atoms with Gasteiger partial charge in [-0.1, -0.05) is 13.8 Å². The van der Waals surface area contributed by atoms with Crippen molar-refractivity contribution in [2.45, 2.75) is 26.4 Å². The number of rotatable bonds is 3. The molecule has 0 aromatic rings. The van der Waals surface area contributed by atoms with Crippen LogP contribution in [-0.4, -0.2) is 65.7 Å². The van der Waals surface area contributed by atoms with Gasteiger partial charge in [-0.05, 0) is 18.3 Å². The molecule has 24 heavy (non-hydrogen) atoms. The Hall–Kier alpha value is -1.02. The number of carboxylic acids is 1. The highest BCUT2D eigenvalue weighted by Crippen LogP contribution is 2.37. The van der Waals surface area contributed by atoms with E-state index >= 15 is 0 Å². The molecule has 2 heterocycles. The molecule has 0 saturated carbocycles. The van der Waals surface area contributed by atoms with Crippen LogP contribution >= 0.6 is 12.4 Å². The van der Waals surface area contributed by atoms with Crippen molar-refractivity contribution in [3.63, 3.8) is 0 Å². The van der Waals surface area contributed by atoms with Crippen LogP contribution in [0.1, 0.15) is 20.3 Å². The molecule has 0 spiro atoms. The number of aliphatic carboxylic acids is 1. The molecule has 2 aliphatic rings. The number of piperidine rings is 1. The van der Waals surface area contributed by atoms with Gasteiger partial charge < -0.3 is 10.0 Å². The van der Waals surface area contributed by atoms with Crippen LogP contribution in [0.4, 0.5) is 13.2 Å². The summed E-state index contributed by atoms with van der Waals surface area (Å²) in [5.74, 6) is -4.33. The maximum Gasteiger partial charge on any atom is 0.393 e. The lowest BCUT2D eigenvalue weighted by atomic mass is 9.92. The van der Waals surface area contributed by atoms with Crippen molar-refractivity contribution < 1.29 is 27.9 Å². The minimum atomic E-state index is -4.56. The average molecular weight is 373 g/mol. The Labute approximate surface area is 145 Å². The molecular weight excluding hydrogens is 349 g/mol. The number of carbonyl (C=O) groups excluding carboxylic acids is 1. The van der Waals surface area contributed by atoms with Crippen molar-refractivity contribution in [1.29, 1.82) is 0 Å². The first-order valence-corrected chi connectivity index (χ1v) is 7.87. The number of hydrogen-bond acceptors (Lipinski definition) is 3. The summed E-state index contributed by atoms with van der Waals surface area (Å²) in [5, 5.41) is 9.00. The highest BCUT2D eigenvalue weighted by Gasteiger charge is 2.52. The minimum Gasteiger partial charge on any atom is -0.481 e. The van der Waals surface area contributed by atoms with Gasteiger partial charge >= 0.3 is 12.1 Å². The van der Waals surface area contributed by atoms with E-state index in [1.807, 2.05) is 13.8 Å². The molecule has 140 valence electrons. The Morgan fingerprint density at radius 2 is 1.62 bits per heavy atom. The molecule has 5 nitrogen and oxygen atoms in total. The summed E-state index contributed by atoms with van der Waals surface area (Å²) < 4.78 is 38.9. The lowest BCUT2D eigenvalue weighted by Gasteiger charge is -2.35. The summed E-state index contributed by atoms with van der Waals surface area (Å²) in [6.07, 6.45) is -3.53. The lowest BCUT2D eigenvalue weighted by molar-refractivity contribution is -0.188. The van der Waals surface area contributed by atoms with E-state index in [-0.39, 0.29) is 31.4 Å². The zero-order chi connectivity index (χ0) is 17.4. The molecule has 0 aliphatic carbocycles. The van der Waals surface area contributed by atoms with Gasteiger partial charge in [-0.3, -0.25) is 14.5 Å². The van der Waals surface area contributed by atoms with E-state index in [2.05, 4.69) is 0 Å². The molecule has 9 heteroatoms. The van der Waals surface area contributed by atoms with Gasteiger partial charge in [-0.15, -0.1) is 12.4 Å². The number of alkyl halides is 3. The minimum absolute atomic E-state index is 0. The van der Waals surface area contributed by atoms with E-state index < -0.39 is 30.5 Å². The Morgan fingerprint density at radius 3 is 2.04 bits per heavy atom. The van der Waals surface area contributed by atoms with Crippen LogP contribution in [0.25, 0.3) is 0 Å². The number of halogens is 4. The fraction of sp³-hybridized carbons (Fsp3) is 0.867. The molecule has 1 amide bonds. The van der Waals surface area contributed by atoms with Crippen LogP contribution in [0.15, 0.2) is 0 Å². The summed E-state index contributed by atoms with van der Waals surface area (Å²) in [4.78, 5) is 26.4. The van der Waals surface area contributed by atoms with Crippen LogP contribution in [0, 0.1) is 23.7 Å². The molecule has 0 aromatic carbocycles. The number of nitrogens with zero attached hydrogens (tertiary/aromatic N) is 2. The van der Waals surface area contributed by atoms with Crippen LogP contribution in [0.3, 0.4) is 0 Å². The van der Waals surface area contributed by atoms with Crippen LogP contribution in [0.5, 0.6) is 0 Å². The quantitative estimate of drug-likeness (QED) is 0.824.